The molecule has 0 saturated carbocycles. The highest BCUT2D eigenvalue weighted by Crippen LogP contribution is 2.22. The fourth-order valence-electron chi connectivity index (χ4n) is 2.72. The highest BCUT2D eigenvalue weighted by Gasteiger charge is 2.27. The number of aryl methyl sites for hydroxylation is 1. The van der Waals surface area contributed by atoms with E-state index in [2.05, 4.69) is 10.1 Å². The van der Waals surface area contributed by atoms with Crippen LogP contribution in [-0.4, -0.2) is 51.9 Å². The van der Waals surface area contributed by atoms with E-state index in [1.165, 1.54) is 7.11 Å². The predicted octanol–water partition coefficient (Wildman–Crippen LogP) is 2.16. The number of nitrogens with zero attached hydrogens (tertiary/aromatic N) is 4. The summed E-state index contributed by atoms with van der Waals surface area (Å²) in [6, 6.07) is 3.50. The van der Waals surface area contributed by atoms with Crippen molar-refractivity contribution in [3.05, 3.63) is 35.1 Å². The zero-order chi connectivity index (χ0) is 17.1. The van der Waals surface area contributed by atoms with Crippen LogP contribution in [0.2, 0.25) is 5.02 Å². The number of amides is 1. The van der Waals surface area contributed by atoms with Crippen molar-refractivity contribution in [2.45, 2.75) is 18.9 Å². The fourth-order valence-corrected chi connectivity index (χ4v) is 2.83. The van der Waals surface area contributed by atoms with Crippen molar-refractivity contribution < 1.29 is 14.3 Å². The minimum Gasteiger partial charge on any atom is -0.479 e. The van der Waals surface area contributed by atoms with Gasteiger partial charge in [0.05, 0.1) is 12.1 Å². The van der Waals surface area contributed by atoms with E-state index in [4.69, 9.17) is 21.1 Å². The quantitative estimate of drug-likeness (QED) is 0.845. The summed E-state index contributed by atoms with van der Waals surface area (Å²) < 4.78 is 12.6. The van der Waals surface area contributed by atoms with Crippen molar-refractivity contribution in [1.29, 1.82) is 0 Å². The Morgan fingerprint density at radius 3 is 2.71 bits per heavy atom. The summed E-state index contributed by atoms with van der Waals surface area (Å²) in [5, 5.41) is 4.70. The number of ether oxygens (including phenoxy) is 2. The minimum absolute atomic E-state index is 0.0403. The molecule has 1 aliphatic rings. The van der Waals surface area contributed by atoms with Gasteiger partial charge in [0.25, 0.3) is 5.91 Å². The molecule has 7 nitrogen and oxygen atoms in total. The van der Waals surface area contributed by atoms with Crippen molar-refractivity contribution in [1.82, 2.24) is 19.7 Å². The Morgan fingerprint density at radius 2 is 2.08 bits per heavy atom. The molecule has 1 amide bonds. The predicted molar refractivity (Wildman–Crippen MR) is 88.6 cm³/mol. The lowest BCUT2D eigenvalue weighted by Gasteiger charge is -2.31. The van der Waals surface area contributed by atoms with Crippen LogP contribution in [0.5, 0.6) is 11.8 Å². The average Bonchev–Trinajstić information content (AvgIpc) is 2.98. The molecular weight excluding hydrogens is 332 g/mol. The van der Waals surface area contributed by atoms with Crippen LogP contribution in [0.15, 0.2) is 24.5 Å². The van der Waals surface area contributed by atoms with Gasteiger partial charge in [0.15, 0.2) is 0 Å². The summed E-state index contributed by atoms with van der Waals surface area (Å²) in [4.78, 5) is 18.6. The zero-order valence-corrected chi connectivity index (χ0v) is 14.4. The highest BCUT2D eigenvalue weighted by atomic mass is 35.5. The standard InChI is InChI=1S/C16H19ClN4O3/c1-20-10-13(15(19-20)23-2)16(22)21-7-5-12(6-8-21)24-14-4-3-11(17)9-18-14/h3-4,9-10,12H,5-8H2,1-2H3. The third-order valence-electron chi connectivity index (χ3n) is 3.94. The van der Waals surface area contributed by atoms with Crippen LogP contribution < -0.4 is 9.47 Å². The maximum absolute atomic E-state index is 12.6. The molecular formula is C16H19ClN4O3. The molecule has 0 N–H and O–H groups in total. The molecule has 0 aliphatic carbocycles. The molecule has 0 atom stereocenters. The fraction of sp³-hybridized carbons (Fsp3) is 0.438. The van der Waals surface area contributed by atoms with Crippen LogP contribution in [0.3, 0.4) is 0 Å². The van der Waals surface area contributed by atoms with E-state index < -0.39 is 0 Å². The van der Waals surface area contributed by atoms with Crippen LogP contribution in [0.25, 0.3) is 0 Å². The molecule has 3 rings (SSSR count). The van der Waals surface area contributed by atoms with Crippen LogP contribution >= 0.6 is 11.6 Å². The van der Waals surface area contributed by atoms with E-state index in [0.717, 1.165) is 12.8 Å². The van der Waals surface area contributed by atoms with E-state index in [1.54, 1.807) is 41.2 Å². The summed E-state index contributed by atoms with van der Waals surface area (Å²) in [7, 11) is 3.27. The van der Waals surface area contributed by atoms with Gasteiger partial charge in [0.2, 0.25) is 11.8 Å². The van der Waals surface area contributed by atoms with Gasteiger partial charge in [0, 0.05) is 51.4 Å². The summed E-state index contributed by atoms with van der Waals surface area (Å²) in [6.07, 6.45) is 4.78. The molecule has 0 spiro atoms. The number of carbonyl (C=O) groups excluding carboxylic acids is 1. The second-order valence-electron chi connectivity index (χ2n) is 5.65. The van der Waals surface area contributed by atoms with E-state index >= 15 is 0 Å². The Morgan fingerprint density at radius 1 is 1.33 bits per heavy atom. The molecule has 24 heavy (non-hydrogen) atoms. The van der Waals surface area contributed by atoms with Crippen molar-refractivity contribution in [2.75, 3.05) is 20.2 Å². The van der Waals surface area contributed by atoms with Crippen LogP contribution in [0, 0.1) is 0 Å². The number of rotatable bonds is 4. The maximum atomic E-state index is 12.6. The van der Waals surface area contributed by atoms with E-state index in [9.17, 15) is 4.79 Å². The van der Waals surface area contributed by atoms with Crippen molar-refractivity contribution in [3.63, 3.8) is 0 Å². The third kappa shape index (κ3) is 3.62. The number of aromatic nitrogens is 3. The number of halogens is 1. The lowest BCUT2D eigenvalue weighted by atomic mass is 10.1. The highest BCUT2D eigenvalue weighted by molar-refractivity contribution is 6.30. The Kier molecular flexibility index (Phi) is 4.89. The van der Waals surface area contributed by atoms with Crippen LogP contribution in [0.4, 0.5) is 0 Å². The third-order valence-corrected chi connectivity index (χ3v) is 4.16. The molecule has 1 fully saturated rings. The number of carbonyl (C=O) groups is 1. The first-order chi connectivity index (χ1) is 11.6. The Hall–Kier alpha value is -2.28. The maximum Gasteiger partial charge on any atom is 0.260 e. The van der Waals surface area contributed by atoms with Gasteiger partial charge < -0.3 is 14.4 Å². The molecule has 0 aromatic carbocycles. The number of hydrogen-bond donors (Lipinski definition) is 0. The van der Waals surface area contributed by atoms with Crippen molar-refractivity contribution in [3.8, 4) is 11.8 Å². The van der Waals surface area contributed by atoms with E-state index in [1.807, 2.05) is 0 Å². The summed E-state index contributed by atoms with van der Waals surface area (Å²) in [5.41, 5.74) is 0.485. The number of pyridine rings is 1. The van der Waals surface area contributed by atoms with E-state index in [-0.39, 0.29) is 12.0 Å². The van der Waals surface area contributed by atoms with Gasteiger partial charge >= 0.3 is 0 Å². The SMILES string of the molecule is COc1nn(C)cc1C(=O)N1CCC(Oc2ccc(Cl)cn2)CC1. The van der Waals surface area contributed by atoms with Crippen LogP contribution in [0.1, 0.15) is 23.2 Å². The Balaban J connectivity index is 1.58. The van der Waals surface area contributed by atoms with Gasteiger partial charge in [-0.3, -0.25) is 9.48 Å². The van der Waals surface area contributed by atoms with Gasteiger partial charge in [0.1, 0.15) is 11.7 Å². The van der Waals surface area contributed by atoms with Crippen molar-refractivity contribution >= 4 is 17.5 Å². The van der Waals surface area contributed by atoms with Crippen molar-refractivity contribution in [2.24, 2.45) is 7.05 Å². The molecule has 0 bridgehead atoms. The van der Waals surface area contributed by atoms with Gasteiger partial charge in [-0.05, 0) is 6.07 Å². The molecule has 2 aromatic rings. The Labute approximate surface area is 145 Å². The van der Waals surface area contributed by atoms with Gasteiger partial charge in [-0.15, -0.1) is 5.10 Å². The topological polar surface area (TPSA) is 69.5 Å². The lowest BCUT2D eigenvalue weighted by Crippen LogP contribution is -2.41. The number of hydrogen-bond acceptors (Lipinski definition) is 5. The Bertz CT molecular complexity index is 709. The summed E-state index contributed by atoms with van der Waals surface area (Å²) in [6.45, 7) is 1.24. The first-order valence-corrected chi connectivity index (χ1v) is 8.09. The molecule has 2 aromatic heterocycles. The normalized spacial score (nSPS) is 15.4. The van der Waals surface area contributed by atoms with Gasteiger partial charge in [-0.25, -0.2) is 4.98 Å². The van der Waals surface area contributed by atoms with Crippen LogP contribution in [-0.2, 0) is 7.05 Å². The van der Waals surface area contributed by atoms with Gasteiger partial charge in [-0.1, -0.05) is 11.6 Å². The summed E-state index contributed by atoms with van der Waals surface area (Å²) in [5.74, 6) is 0.840. The molecule has 3 heterocycles. The molecule has 8 heteroatoms. The van der Waals surface area contributed by atoms with Gasteiger partial charge in [-0.2, -0.15) is 0 Å². The largest absolute Gasteiger partial charge is 0.479 e. The smallest absolute Gasteiger partial charge is 0.260 e. The molecule has 1 saturated heterocycles. The summed E-state index contributed by atoms with van der Waals surface area (Å²) >= 11 is 5.81. The molecule has 128 valence electrons. The molecule has 0 radical (unpaired) electrons. The minimum atomic E-state index is -0.0667. The lowest BCUT2D eigenvalue weighted by molar-refractivity contribution is 0.0585. The number of methoxy groups -OCH3 is 1. The molecule has 0 unspecified atom stereocenters. The first kappa shape index (κ1) is 16.6. The zero-order valence-electron chi connectivity index (χ0n) is 13.6. The monoisotopic (exact) mass is 350 g/mol. The average molecular weight is 351 g/mol. The first-order valence-electron chi connectivity index (χ1n) is 7.72. The second kappa shape index (κ2) is 7.09. The number of likely N-dealkylation sites (tertiary alicyclic amines) is 1. The molecule has 1 aliphatic heterocycles. The van der Waals surface area contributed by atoms with E-state index in [0.29, 0.717) is 35.4 Å². The second-order valence-corrected chi connectivity index (χ2v) is 6.09. The number of piperidine rings is 1.